The maximum Gasteiger partial charge on any atom is 0.231 e. The summed E-state index contributed by atoms with van der Waals surface area (Å²) in [7, 11) is 3.44. The van der Waals surface area contributed by atoms with Gasteiger partial charge in [0.25, 0.3) is 0 Å². The number of aryl methyl sites for hydroxylation is 3. The van der Waals surface area contributed by atoms with E-state index >= 15 is 0 Å². The van der Waals surface area contributed by atoms with E-state index in [0.29, 0.717) is 6.79 Å². The van der Waals surface area contributed by atoms with Gasteiger partial charge in [0.2, 0.25) is 12.5 Å². The second-order valence-electron chi connectivity index (χ2n) is 9.75. The number of rotatable bonds is 11. The quantitative estimate of drug-likeness (QED) is 0.190. The average molecular weight is 604 g/mol. The van der Waals surface area contributed by atoms with Gasteiger partial charge in [0.1, 0.15) is 0 Å². The highest BCUT2D eigenvalue weighted by Crippen LogP contribution is 2.43. The Bertz CT molecular complexity index is 1210. The van der Waals surface area contributed by atoms with E-state index in [-0.39, 0.29) is 24.0 Å². The second-order valence-corrected chi connectivity index (χ2v) is 9.75. The molecule has 0 atom stereocenters. The van der Waals surface area contributed by atoms with Gasteiger partial charge in [-0.25, -0.2) is 0 Å². The number of methoxy groups -OCH3 is 2. The minimum atomic E-state index is 0. The van der Waals surface area contributed by atoms with Crippen LogP contribution in [-0.4, -0.2) is 21.0 Å². The molecule has 1 aromatic heterocycles. The van der Waals surface area contributed by atoms with Crippen LogP contribution in [0.2, 0.25) is 0 Å². The standard InChI is InChI=1S/C30H38NO4.HI/c1-4-5-6-7-8-9-10-11-12-23-22-13-14-26(32-2)30(33-3)25(22)19-31-16-15-21-17-27-28(35-20-34-27)18-24(21)29(23)31;/h13-14,17-19H,4-12,15-16,20H2,1-3H3;1H/q+1;/p-1. The molecule has 0 aliphatic carbocycles. The normalized spacial score (nSPS) is 13.2. The van der Waals surface area contributed by atoms with Gasteiger partial charge in [0.15, 0.2) is 35.7 Å². The van der Waals surface area contributed by atoms with Crippen molar-refractivity contribution in [2.24, 2.45) is 0 Å². The number of halogens is 1. The van der Waals surface area contributed by atoms with Crippen molar-refractivity contribution >= 4 is 10.8 Å². The number of aromatic nitrogens is 1. The van der Waals surface area contributed by atoms with Gasteiger partial charge in [-0.15, -0.1) is 0 Å². The Hall–Kier alpha value is -2.22. The lowest BCUT2D eigenvalue weighted by atomic mass is 9.89. The van der Waals surface area contributed by atoms with Gasteiger partial charge >= 0.3 is 0 Å². The lowest BCUT2D eigenvalue weighted by molar-refractivity contribution is -0.686. The lowest BCUT2D eigenvalue weighted by Gasteiger charge is -2.21. The highest BCUT2D eigenvalue weighted by Gasteiger charge is 2.32. The number of hydrogen-bond donors (Lipinski definition) is 0. The van der Waals surface area contributed by atoms with Crippen molar-refractivity contribution in [3.63, 3.8) is 0 Å². The zero-order chi connectivity index (χ0) is 24.2. The lowest BCUT2D eigenvalue weighted by Crippen LogP contribution is -3.00. The first-order valence-electron chi connectivity index (χ1n) is 13.3. The molecule has 6 heteroatoms. The second kappa shape index (κ2) is 12.3. The number of nitrogens with zero attached hydrogens (tertiary/aromatic N) is 1. The van der Waals surface area contributed by atoms with Crippen molar-refractivity contribution < 1.29 is 47.5 Å². The van der Waals surface area contributed by atoms with Gasteiger partial charge in [0.05, 0.1) is 25.2 Å². The van der Waals surface area contributed by atoms with E-state index in [1.807, 2.05) is 6.07 Å². The smallest absolute Gasteiger partial charge is 0.231 e. The molecule has 5 rings (SSSR count). The third-order valence-electron chi connectivity index (χ3n) is 7.52. The molecule has 194 valence electrons. The van der Waals surface area contributed by atoms with E-state index in [4.69, 9.17) is 18.9 Å². The van der Waals surface area contributed by atoms with E-state index in [1.54, 1.807) is 14.2 Å². The first-order chi connectivity index (χ1) is 17.2. The van der Waals surface area contributed by atoms with Crippen LogP contribution in [0.5, 0.6) is 23.0 Å². The molecule has 0 amide bonds. The first kappa shape index (κ1) is 26.8. The number of pyridine rings is 1. The molecule has 2 aromatic carbocycles. The largest absolute Gasteiger partial charge is 1.00 e. The van der Waals surface area contributed by atoms with Gasteiger partial charge in [-0.3, -0.25) is 0 Å². The van der Waals surface area contributed by atoms with Crippen LogP contribution in [0.15, 0.2) is 30.5 Å². The summed E-state index contributed by atoms with van der Waals surface area (Å²) in [5.74, 6) is 3.31. The fourth-order valence-corrected chi connectivity index (χ4v) is 5.70. The van der Waals surface area contributed by atoms with E-state index in [9.17, 15) is 0 Å². The van der Waals surface area contributed by atoms with Gasteiger partial charge < -0.3 is 42.9 Å². The summed E-state index contributed by atoms with van der Waals surface area (Å²) in [6, 6.07) is 8.62. The molecule has 2 aliphatic heterocycles. The maximum absolute atomic E-state index is 5.84. The monoisotopic (exact) mass is 603 g/mol. The minimum absolute atomic E-state index is 0. The molecule has 0 unspecified atom stereocenters. The Kier molecular flexibility index (Phi) is 9.20. The van der Waals surface area contributed by atoms with Crippen LogP contribution in [0.1, 0.15) is 69.4 Å². The molecule has 2 aliphatic rings. The number of unbranched alkanes of at least 4 members (excludes halogenated alkanes) is 7. The van der Waals surface area contributed by atoms with Crippen molar-refractivity contribution in [3.05, 3.63) is 41.6 Å². The van der Waals surface area contributed by atoms with Crippen LogP contribution >= 0.6 is 0 Å². The van der Waals surface area contributed by atoms with Crippen molar-refractivity contribution in [1.82, 2.24) is 0 Å². The fraction of sp³-hybridized carbons (Fsp3) is 0.500. The maximum atomic E-state index is 5.84. The van der Waals surface area contributed by atoms with Crippen LogP contribution in [0.4, 0.5) is 0 Å². The minimum Gasteiger partial charge on any atom is -1.00 e. The molecular formula is C30H38INO4. The van der Waals surface area contributed by atoms with Crippen molar-refractivity contribution in [3.8, 4) is 34.3 Å². The molecule has 0 radical (unpaired) electrons. The van der Waals surface area contributed by atoms with Gasteiger partial charge in [0, 0.05) is 17.4 Å². The molecule has 0 saturated heterocycles. The predicted octanol–water partition coefficient (Wildman–Crippen LogP) is 3.78. The van der Waals surface area contributed by atoms with Crippen LogP contribution in [0.3, 0.4) is 0 Å². The average Bonchev–Trinajstić information content (AvgIpc) is 3.34. The molecule has 0 spiro atoms. The fourth-order valence-electron chi connectivity index (χ4n) is 5.70. The van der Waals surface area contributed by atoms with E-state index in [1.165, 1.54) is 79.1 Å². The molecule has 0 N–H and O–H groups in total. The number of fused-ring (bicyclic) bond motifs is 5. The third-order valence-corrected chi connectivity index (χ3v) is 7.52. The van der Waals surface area contributed by atoms with Crippen molar-refractivity contribution in [2.75, 3.05) is 21.0 Å². The van der Waals surface area contributed by atoms with Crippen molar-refractivity contribution in [2.45, 2.75) is 77.7 Å². The Balaban J connectivity index is 0.00000304. The Labute approximate surface area is 232 Å². The van der Waals surface area contributed by atoms with Gasteiger partial charge in [-0.05, 0) is 42.7 Å². The molecular weight excluding hydrogens is 565 g/mol. The topological polar surface area (TPSA) is 40.8 Å². The Morgan fingerprint density at radius 1 is 0.861 bits per heavy atom. The summed E-state index contributed by atoms with van der Waals surface area (Å²) in [6.07, 6.45) is 14.8. The van der Waals surface area contributed by atoms with Crippen LogP contribution in [0.25, 0.3) is 22.0 Å². The van der Waals surface area contributed by atoms with Gasteiger partial charge in [-0.1, -0.05) is 51.9 Å². The van der Waals surface area contributed by atoms with E-state index in [2.05, 4.69) is 35.9 Å². The SMILES string of the molecule is CCCCCCCCCCc1c2[n+](cc3c(OC)c(OC)ccc13)CCc1cc3c(cc1-2)OCO3.[I-]. The number of ether oxygens (including phenoxy) is 4. The zero-order valence-corrected chi connectivity index (χ0v) is 24.0. The highest BCUT2D eigenvalue weighted by atomic mass is 127. The summed E-state index contributed by atoms with van der Waals surface area (Å²) in [6.45, 7) is 3.51. The molecule has 36 heavy (non-hydrogen) atoms. The zero-order valence-electron chi connectivity index (χ0n) is 21.8. The molecule has 0 bridgehead atoms. The van der Waals surface area contributed by atoms with Crippen LogP contribution < -0.4 is 47.5 Å². The summed E-state index contributed by atoms with van der Waals surface area (Å²) >= 11 is 0. The number of benzene rings is 2. The summed E-state index contributed by atoms with van der Waals surface area (Å²) in [4.78, 5) is 0. The van der Waals surface area contributed by atoms with Crippen molar-refractivity contribution in [1.29, 1.82) is 0 Å². The molecule has 0 fully saturated rings. The van der Waals surface area contributed by atoms with Crippen LogP contribution in [-0.2, 0) is 19.4 Å². The summed E-state index contributed by atoms with van der Waals surface area (Å²) in [5.41, 5.74) is 5.32. The predicted molar refractivity (Wildman–Crippen MR) is 139 cm³/mol. The van der Waals surface area contributed by atoms with E-state index in [0.717, 1.165) is 47.8 Å². The van der Waals surface area contributed by atoms with E-state index < -0.39 is 0 Å². The molecule has 3 heterocycles. The number of hydrogen-bond acceptors (Lipinski definition) is 4. The van der Waals surface area contributed by atoms with Gasteiger partial charge in [-0.2, -0.15) is 4.57 Å². The Morgan fingerprint density at radius 2 is 1.58 bits per heavy atom. The molecule has 0 saturated carbocycles. The summed E-state index contributed by atoms with van der Waals surface area (Å²) < 4.78 is 25.3. The molecule has 3 aromatic rings. The molecule has 5 nitrogen and oxygen atoms in total. The highest BCUT2D eigenvalue weighted by molar-refractivity contribution is 5.95. The summed E-state index contributed by atoms with van der Waals surface area (Å²) in [5, 5.41) is 2.37. The third kappa shape index (κ3) is 5.24. The van der Waals surface area contributed by atoms with Crippen LogP contribution in [0, 0.1) is 0 Å². The first-order valence-corrected chi connectivity index (χ1v) is 13.3. The Morgan fingerprint density at radius 3 is 2.31 bits per heavy atom.